The fourth-order valence-electron chi connectivity index (χ4n) is 2.51. The maximum atomic E-state index is 12.1. The van der Waals surface area contributed by atoms with Crippen LogP contribution in [0, 0.1) is 18.8 Å². The van der Waals surface area contributed by atoms with Gasteiger partial charge in [-0.15, -0.1) is 0 Å². The van der Waals surface area contributed by atoms with E-state index in [0.717, 1.165) is 12.0 Å². The van der Waals surface area contributed by atoms with Crippen LogP contribution < -0.4 is 11.1 Å². The Morgan fingerprint density at radius 3 is 2.55 bits per heavy atom. The van der Waals surface area contributed by atoms with Gasteiger partial charge in [0.15, 0.2) is 0 Å². The summed E-state index contributed by atoms with van der Waals surface area (Å²) in [7, 11) is 0. The number of aryl methyl sites for hydroxylation is 1. The molecule has 0 fully saturated rings. The summed E-state index contributed by atoms with van der Waals surface area (Å²) in [6.07, 6.45) is 1.52. The Labute approximate surface area is 122 Å². The molecule has 2 atom stereocenters. The summed E-state index contributed by atoms with van der Waals surface area (Å²) in [6, 6.07) is 8.28. The molecule has 3 nitrogen and oxygen atoms in total. The molecule has 112 valence electrons. The molecule has 3 N–H and O–H groups in total. The van der Waals surface area contributed by atoms with E-state index in [4.69, 9.17) is 5.73 Å². The SMILES string of the molecule is Cc1cccc([C@@H](C)NC(=O)CC(CN)CC(C)C)c1. The van der Waals surface area contributed by atoms with E-state index in [1.165, 1.54) is 5.56 Å². The average Bonchev–Trinajstić information content (AvgIpc) is 2.37. The Hall–Kier alpha value is -1.35. The van der Waals surface area contributed by atoms with E-state index in [2.05, 4.69) is 38.2 Å². The first-order chi connectivity index (χ1) is 9.42. The van der Waals surface area contributed by atoms with E-state index in [1.54, 1.807) is 0 Å². The van der Waals surface area contributed by atoms with Gasteiger partial charge in [0.25, 0.3) is 0 Å². The van der Waals surface area contributed by atoms with Crippen LogP contribution in [-0.4, -0.2) is 12.5 Å². The van der Waals surface area contributed by atoms with Crippen molar-refractivity contribution in [3.05, 3.63) is 35.4 Å². The number of nitrogens with two attached hydrogens (primary N) is 1. The highest BCUT2D eigenvalue weighted by atomic mass is 16.1. The zero-order valence-electron chi connectivity index (χ0n) is 13.1. The predicted molar refractivity (Wildman–Crippen MR) is 84.4 cm³/mol. The van der Waals surface area contributed by atoms with Gasteiger partial charge < -0.3 is 11.1 Å². The van der Waals surface area contributed by atoms with Crippen LogP contribution in [0.5, 0.6) is 0 Å². The monoisotopic (exact) mass is 276 g/mol. The Balaban J connectivity index is 2.53. The summed E-state index contributed by atoms with van der Waals surface area (Å²) in [5.41, 5.74) is 8.11. The van der Waals surface area contributed by atoms with Gasteiger partial charge in [0, 0.05) is 6.42 Å². The van der Waals surface area contributed by atoms with Crippen LogP contribution >= 0.6 is 0 Å². The molecule has 0 heterocycles. The lowest BCUT2D eigenvalue weighted by Gasteiger charge is -2.19. The minimum Gasteiger partial charge on any atom is -0.350 e. The molecule has 0 aromatic heterocycles. The Morgan fingerprint density at radius 1 is 1.30 bits per heavy atom. The predicted octanol–water partition coefficient (Wildman–Crippen LogP) is 3.18. The summed E-state index contributed by atoms with van der Waals surface area (Å²) in [5, 5.41) is 3.07. The fourth-order valence-corrected chi connectivity index (χ4v) is 2.51. The highest BCUT2D eigenvalue weighted by molar-refractivity contribution is 5.76. The van der Waals surface area contributed by atoms with E-state index in [1.807, 2.05) is 19.1 Å². The minimum atomic E-state index is 0.0416. The first-order valence-electron chi connectivity index (χ1n) is 7.48. The highest BCUT2D eigenvalue weighted by Crippen LogP contribution is 2.17. The number of carbonyl (C=O) groups is 1. The van der Waals surface area contributed by atoms with Crippen LogP contribution in [0.15, 0.2) is 24.3 Å². The Morgan fingerprint density at radius 2 is 2.00 bits per heavy atom. The van der Waals surface area contributed by atoms with Gasteiger partial charge in [0.2, 0.25) is 5.91 Å². The fraction of sp³-hybridized carbons (Fsp3) is 0.588. The molecule has 1 aromatic rings. The number of hydrogen-bond donors (Lipinski definition) is 2. The Kier molecular flexibility index (Phi) is 6.73. The number of benzene rings is 1. The molecule has 1 rings (SSSR count). The molecule has 1 aromatic carbocycles. The smallest absolute Gasteiger partial charge is 0.220 e. The summed E-state index contributed by atoms with van der Waals surface area (Å²) < 4.78 is 0. The van der Waals surface area contributed by atoms with E-state index in [9.17, 15) is 4.79 Å². The first kappa shape index (κ1) is 16.7. The molecule has 20 heavy (non-hydrogen) atoms. The van der Waals surface area contributed by atoms with Crippen LogP contribution in [-0.2, 0) is 4.79 Å². The minimum absolute atomic E-state index is 0.0416. The number of rotatable bonds is 7. The molecule has 0 aliphatic rings. The Bertz CT molecular complexity index is 429. The lowest BCUT2D eigenvalue weighted by atomic mass is 9.94. The van der Waals surface area contributed by atoms with Crippen molar-refractivity contribution in [2.45, 2.75) is 46.6 Å². The third kappa shape index (κ3) is 5.74. The topological polar surface area (TPSA) is 55.1 Å². The van der Waals surface area contributed by atoms with Gasteiger partial charge in [0.1, 0.15) is 0 Å². The molecule has 0 bridgehead atoms. The molecule has 1 amide bonds. The van der Waals surface area contributed by atoms with Gasteiger partial charge in [-0.25, -0.2) is 0 Å². The maximum Gasteiger partial charge on any atom is 0.220 e. The summed E-state index contributed by atoms with van der Waals surface area (Å²) in [4.78, 5) is 12.1. The van der Waals surface area contributed by atoms with Crippen LogP contribution in [0.2, 0.25) is 0 Å². The lowest BCUT2D eigenvalue weighted by molar-refractivity contribution is -0.122. The second-order valence-corrected chi connectivity index (χ2v) is 6.14. The third-order valence-electron chi connectivity index (χ3n) is 3.53. The van der Waals surface area contributed by atoms with Crippen molar-refractivity contribution in [1.29, 1.82) is 0 Å². The van der Waals surface area contributed by atoms with Gasteiger partial charge in [-0.3, -0.25) is 4.79 Å². The first-order valence-corrected chi connectivity index (χ1v) is 7.48. The van der Waals surface area contributed by atoms with Crippen molar-refractivity contribution in [3.8, 4) is 0 Å². The van der Waals surface area contributed by atoms with Gasteiger partial charge in [-0.05, 0) is 44.2 Å². The zero-order chi connectivity index (χ0) is 15.1. The van der Waals surface area contributed by atoms with Crippen molar-refractivity contribution in [2.75, 3.05) is 6.54 Å². The average molecular weight is 276 g/mol. The molecular formula is C17H28N2O. The molecule has 1 unspecified atom stereocenters. The molecule has 0 saturated heterocycles. The van der Waals surface area contributed by atoms with Crippen molar-refractivity contribution in [2.24, 2.45) is 17.6 Å². The summed E-state index contributed by atoms with van der Waals surface area (Å²) in [6.45, 7) is 8.98. The standard InChI is InChI=1S/C17H28N2O/c1-12(2)8-15(11-18)10-17(20)19-14(4)16-7-5-6-13(3)9-16/h5-7,9,12,14-15H,8,10-11,18H2,1-4H3,(H,19,20)/t14-,15?/m1/s1. The molecule has 3 heteroatoms. The number of carbonyl (C=O) groups excluding carboxylic acids is 1. The molecular weight excluding hydrogens is 248 g/mol. The van der Waals surface area contributed by atoms with Crippen LogP contribution in [0.1, 0.15) is 50.8 Å². The van der Waals surface area contributed by atoms with E-state index in [-0.39, 0.29) is 17.9 Å². The number of hydrogen-bond acceptors (Lipinski definition) is 2. The largest absolute Gasteiger partial charge is 0.350 e. The van der Waals surface area contributed by atoms with Crippen molar-refractivity contribution < 1.29 is 4.79 Å². The normalized spacial score (nSPS) is 14.1. The number of amides is 1. The van der Waals surface area contributed by atoms with Gasteiger partial charge in [-0.2, -0.15) is 0 Å². The van der Waals surface area contributed by atoms with E-state index >= 15 is 0 Å². The summed E-state index contributed by atoms with van der Waals surface area (Å²) >= 11 is 0. The zero-order valence-corrected chi connectivity index (χ0v) is 13.1. The summed E-state index contributed by atoms with van der Waals surface area (Å²) in [5.74, 6) is 0.945. The molecule has 0 saturated carbocycles. The second kappa shape index (κ2) is 8.05. The van der Waals surface area contributed by atoms with Crippen LogP contribution in [0.3, 0.4) is 0 Å². The van der Waals surface area contributed by atoms with Crippen LogP contribution in [0.25, 0.3) is 0 Å². The third-order valence-corrected chi connectivity index (χ3v) is 3.53. The van der Waals surface area contributed by atoms with Crippen molar-refractivity contribution in [3.63, 3.8) is 0 Å². The quantitative estimate of drug-likeness (QED) is 0.803. The highest BCUT2D eigenvalue weighted by Gasteiger charge is 2.16. The van der Waals surface area contributed by atoms with E-state index < -0.39 is 0 Å². The van der Waals surface area contributed by atoms with Crippen molar-refractivity contribution in [1.82, 2.24) is 5.32 Å². The maximum absolute atomic E-state index is 12.1. The van der Waals surface area contributed by atoms with Gasteiger partial charge in [-0.1, -0.05) is 43.7 Å². The van der Waals surface area contributed by atoms with E-state index in [0.29, 0.717) is 18.9 Å². The molecule has 0 aliphatic heterocycles. The lowest BCUT2D eigenvalue weighted by Crippen LogP contribution is -2.30. The molecule has 0 spiro atoms. The second-order valence-electron chi connectivity index (χ2n) is 6.14. The molecule has 0 aliphatic carbocycles. The van der Waals surface area contributed by atoms with Crippen molar-refractivity contribution >= 4 is 5.91 Å². The van der Waals surface area contributed by atoms with Gasteiger partial charge >= 0.3 is 0 Å². The number of nitrogens with one attached hydrogen (secondary N) is 1. The van der Waals surface area contributed by atoms with Crippen LogP contribution in [0.4, 0.5) is 0 Å². The van der Waals surface area contributed by atoms with Gasteiger partial charge in [0.05, 0.1) is 6.04 Å². The molecule has 0 radical (unpaired) electrons.